The number of allylic oxidation sites excluding steroid dienone is 2. The van der Waals surface area contributed by atoms with E-state index < -0.39 is 0 Å². The molecule has 0 aromatic rings. The quantitative estimate of drug-likeness (QED) is 0.770. The molecule has 2 heteroatoms. The van der Waals surface area contributed by atoms with E-state index in [1.165, 1.54) is 37.8 Å². The zero-order valence-corrected chi connectivity index (χ0v) is 15.8. The Morgan fingerprint density at radius 3 is 2.62 bits per heavy atom. The summed E-state index contributed by atoms with van der Waals surface area (Å²) in [4.78, 5) is 12.5. The molecule has 0 saturated heterocycles. The summed E-state index contributed by atoms with van der Waals surface area (Å²) in [7, 11) is 0. The Bertz CT molecular complexity index is 617. The number of ketones is 1. The highest BCUT2D eigenvalue weighted by molar-refractivity contribution is 6.01. The van der Waals surface area contributed by atoms with Crippen molar-refractivity contribution in [1.82, 2.24) is 5.32 Å². The van der Waals surface area contributed by atoms with Gasteiger partial charge < -0.3 is 5.32 Å². The number of Topliss-reactive ketones (excluding diaryl/α,β-unsaturated/α-hetero) is 1. The van der Waals surface area contributed by atoms with Crippen LogP contribution in [-0.2, 0) is 4.79 Å². The Kier molecular flexibility index (Phi) is 3.15. The summed E-state index contributed by atoms with van der Waals surface area (Å²) in [6, 6.07) is 0.531. The van der Waals surface area contributed by atoms with E-state index in [1.54, 1.807) is 0 Å². The standard InChI is InChI=1S/C22H33NO/c1-11(19-15-6-5-14-7-13(8-15)9-16(14)19)23-12(2)20-18(24)10-17-21(20)22(17,3)4/h11,13-17,19,21,23H,5-10H2,1-4H3/b20-12+/t11-,13-,14-,15+,16-,17+,19-,21+/m0/s1. The van der Waals surface area contributed by atoms with Gasteiger partial charge in [-0.3, -0.25) is 4.79 Å². The molecule has 2 nitrogen and oxygen atoms in total. The van der Waals surface area contributed by atoms with Gasteiger partial charge in [-0.15, -0.1) is 0 Å². The first-order valence-electron chi connectivity index (χ1n) is 10.4. The highest BCUT2D eigenvalue weighted by atomic mass is 16.1. The van der Waals surface area contributed by atoms with E-state index in [0.29, 0.717) is 29.1 Å². The third kappa shape index (κ3) is 1.98. The Labute approximate surface area is 146 Å². The van der Waals surface area contributed by atoms with Crippen LogP contribution in [0.25, 0.3) is 0 Å². The molecule has 0 unspecified atom stereocenters. The van der Waals surface area contributed by atoms with Gasteiger partial charge in [0.15, 0.2) is 5.78 Å². The second-order valence-corrected chi connectivity index (χ2v) is 10.4. The zero-order chi connectivity index (χ0) is 16.8. The van der Waals surface area contributed by atoms with E-state index in [1.807, 2.05) is 0 Å². The molecule has 1 N–H and O–H groups in total. The normalized spacial score (nSPS) is 50.7. The number of nitrogens with one attached hydrogen (secondary N) is 1. The molecule has 5 rings (SSSR count). The van der Waals surface area contributed by atoms with Crippen LogP contribution in [0.5, 0.6) is 0 Å². The molecule has 3 bridgehead atoms. The van der Waals surface area contributed by atoms with E-state index in [0.717, 1.165) is 41.6 Å². The van der Waals surface area contributed by atoms with Gasteiger partial charge in [-0.05, 0) is 92.8 Å². The predicted molar refractivity (Wildman–Crippen MR) is 96.2 cm³/mol. The van der Waals surface area contributed by atoms with Gasteiger partial charge in [-0.25, -0.2) is 0 Å². The van der Waals surface area contributed by atoms with Gasteiger partial charge in [-0.1, -0.05) is 13.8 Å². The zero-order valence-electron chi connectivity index (χ0n) is 15.8. The molecule has 0 aromatic heterocycles. The summed E-state index contributed by atoms with van der Waals surface area (Å²) in [5.74, 6) is 6.38. The average molecular weight is 328 g/mol. The van der Waals surface area contributed by atoms with Crippen molar-refractivity contribution in [3.63, 3.8) is 0 Å². The summed E-state index contributed by atoms with van der Waals surface area (Å²) < 4.78 is 0. The van der Waals surface area contributed by atoms with Crippen molar-refractivity contribution in [2.45, 2.75) is 72.3 Å². The minimum Gasteiger partial charge on any atom is -0.385 e. The SMILES string of the molecule is C/C(N[C@@H](C)[C@H]1[C@@H]2CC[C@H]3C[C@@H](C2)C[C@@H]31)=C1/C(=O)C[C@@H]2[C@H]1C2(C)C. The largest absolute Gasteiger partial charge is 0.385 e. The monoisotopic (exact) mass is 327 g/mol. The van der Waals surface area contributed by atoms with Crippen LogP contribution in [-0.4, -0.2) is 11.8 Å². The fraction of sp³-hybridized carbons (Fsp3) is 0.864. The lowest BCUT2D eigenvalue weighted by molar-refractivity contribution is -0.115. The molecule has 0 spiro atoms. The molecule has 0 heterocycles. The molecule has 5 aliphatic carbocycles. The van der Waals surface area contributed by atoms with Gasteiger partial charge in [-0.2, -0.15) is 0 Å². The molecule has 5 saturated carbocycles. The molecule has 0 aliphatic heterocycles. The number of fused-ring (bicyclic) bond motifs is 3. The van der Waals surface area contributed by atoms with Crippen LogP contribution in [0.2, 0.25) is 0 Å². The lowest BCUT2D eigenvalue weighted by Crippen LogP contribution is -2.46. The molecule has 24 heavy (non-hydrogen) atoms. The van der Waals surface area contributed by atoms with E-state index in [2.05, 4.69) is 33.0 Å². The maximum Gasteiger partial charge on any atom is 0.161 e. The van der Waals surface area contributed by atoms with Crippen LogP contribution in [0.1, 0.15) is 66.2 Å². The molecular weight excluding hydrogens is 294 g/mol. The smallest absolute Gasteiger partial charge is 0.161 e. The van der Waals surface area contributed by atoms with E-state index in [9.17, 15) is 4.79 Å². The Hall–Kier alpha value is -0.790. The molecule has 0 amide bonds. The molecule has 8 atom stereocenters. The van der Waals surface area contributed by atoms with Gasteiger partial charge in [0, 0.05) is 23.7 Å². The first-order valence-corrected chi connectivity index (χ1v) is 10.4. The maximum atomic E-state index is 12.5. The van der Waals surface area contributed by atoms with Crippen molar-refractivity contribution >= 4 is 5.78 Å². The van der Waals surface area contributed by atoms with Crippen molar-refractivity contribution in [3.05, 3.63) is 11.3 Å². The second kappa shape index (κ2) is 4.89. The Balaban J connectivity index is 1.36. The third-order valence-corrected chi connectivity index (χ3v) is 8.92. The van der Waals surface area contributed by atoms with Crippen LogP contribution in [0.3, 0.4) is 0 Å². The predicted octanol–water partition coefficient (Wildman–Crippen LogP) is 4.56. The fourth-order valence-corrected chi connectivity index (χ4v) is 7.86. The first kappa shape index (κ1) is 15.5. The van der Waals surface area contributed by atoms with Crippen LogP contribution in [0.4, 0.5) is 0 Å². The van der Waals surface area contributed by atoms with Crippen molar-refractivity contribution in [2.75, 3.05) is 0 Å². The highest BCUT2D eigenvalue weighted by Gasteiger charge is 2.65. The third-order valence-electron chi connectivity index (χ3n) is 8.92. The van der Waals surface area contributed by atoms with Crippen molar-refractivity contribution < 1.29 is 4.79 Å². The van der Waals surface area contributed by atoms with Crippen LogP contribution in [0.15, 0.2) is 11.3 Å². The Morgan fingerprint density at radius 2 is 1.88 bits per heavy atom. The lowest BCUT2D eigenvalue weighted by Gasteiger charge is -2.46. The summed E-state index contributed by atoms with van der Waals surface area (Å²) in [5, 5.41) is 3.84. The number of hydrogen-bond donors (Lipinski definition) is 1. The van der Waals surface area contributed by atoms with Crippen LogP contribution >= 0.6 is 0 Å². The molecule has 5 aliphatic rings. The van der Waals surface area contributed by atoms with Crippen LogP contribution in [0, 0.1) is 46.8 Å². The van der Waals surface area contributed by atoms with E-state index in [4.69, 9.17) is 0 Å². The van der Waals surface area contributed by atoms with Gasteiger partial charge in [0.1, 0.15) is 0 Å². The maximum absolute atomic E-state index is 12.5. The van der Waals surface area contributed by atoms with Gasteiger partial charge in [0.2, 0.25) is 0 Å². The number of rotatable bonds is 3. The summed E-state index contributed by atoms with van der Waals surface area (Å²) in [6.45, 7) is 9.26. The van der Waals surface area contributed by atoms with Gasteiger partial charge in [0.25, 0.3) is 0 Å². The minimum absolute atomic E-state index is 0.359. The fourth-order valence-electron chi connectivity index (χ4n) is 7.86. The second-order valence-electron chi connectivity index (χ2n) is 10.4. The molecule has 0 aromatic carbocycles. The van der Waals surface area contributed by atoms with E-state index >= 15 is 0 Å². The van der Waals surface area contributed by atoms with Crippen molar-refractivity contribution in [2.24, 2.45) is 46.8 Å². The summed E-state index contributed by atoms with van der Waals surface area (Å²) >= 11 is 0. The molecule has 132 valence electrons. The van der Waals surface area contributed by atoms with Crippen molar-refractivity contribution in [1.29, 1.82) is 0 Å². The molecular formula is C22H33NO. The Morgan fingerprint density at radius 1 is 1.17 bits per heavy atom. The van der Waals surface area contributed by atoms with Gasteiger partial charge in [0.05, 0.1) is 0 Å². The minimum atomic E-state index is 0.359. The number of carbonyl (C=O) groups excluding carboxylic acids is 1. The summed E-state index contributed by atoms with van der Waals surface area (Å²) in [6.07, 6.45) is 8.23. The number of carbonyl (C=O) groups is 1. The van der Waals surface area contributed by atoms with Crippen molar-refractivity contribution in [3.8, 4) is 0 Å². The van der Waals surface area contributed by atoms with Crippen LogP contribution < -0.4 is 5.32 Å². The highest BCUT2D eigenvalue weighted by Crippen LogP contribution is 2.68. The summed E-state index contributed by atoms with van der Waals surface area (Å²) in [5.41, 5.74) is 2.72. The average Bonchev–Trinajstić information content (AvgIpc) is 2.80. The van der Waals surface area contributed by atoms with Gasteiger partial charge >= 0.3 is 0 Å². The number of hydrogen-bond acceptors (Lipinski definition) is 2. The van der Waals surface area contributed by atoms with E-state index in [-0.39, 0.29) is 0 Å². The lowest BCUT2D eigenvalue weighted by atomic mass is 9.62. The molecule has 5 fully saturated rings. The first-order chi connectivity index (χ1) is 11.4. The topological polar surface area (TPSA) is 29.1 Å². The molecule has 0 radical (unpaired) electrons.